The number of hydrogen-bond acceptors (Lipinski definition) is 3. The van der Waals surface area contributed by atoms with Gasteiger partial charge in [0.15, 0.2) is 0 Å². The van der Waals surface area contributed by atoms with Crippen molar-refractivity contribution in [2.75, 3.05) is 6.61 Å². The zero-order valence-electron chi connectivity index (χ0n) is 8.88. The van der Waals surface area contributed by atoms with Crippen molar-refractivity contribution in [1.82, 2.24) is 0 Å². The molecule has 1 aliphatic carbocycles. The molecule has 1 fully saturated rings. The molecule has 0 aromatic carbocycles. The summed E-state index contributed by atoms with van der Waals surface area (Å²) in [6, 6.07) is 0. The molecule has 14 heavy (non-hydrogen) atoms. The van der Waals surface area contributed by atoms with Gasteiger partial charge in [0, 0.05) is 0 Å². The Hall–Kier alpha value is -0.830. The van der Waals surface area contributed by atoms with Crippen molar-refractivity contribution in [3.05, 3.63) is 12.2 Å². The summed E-state index contributed by atoms with van der Waals surface area (Å²) in [5, 5.41) is 10.0. The van der Waals surface area contributed by atoms with Crippen LogP contribution in [0.4, 0.5) is 0 Å². The Morgan fingerprint density at radius 2 is 2.43 bits per heavy atom. The molecule has 0 amide bonds. The largest absolute Gasteiger partial charge is 0.466 e. The Bertz CT molecular complexity index is 243. The lowest BCUT2D eigenvalue weighted by Gasteiger charge is -2.36. The molecule has 1 aliphatic rings. The topological polar surface area (TPSA) is 46.5 Å². The van der Waals surface area contributed by atoms with Gasteiger partial charge >= 0.3 is 5.97 Å². The van der Waals surface area contributed by atoms with Crippen LogP contribution in [0.5, 0.6) is 0 Å². The maximum absolute atomic E-state index is 11.5. The van der Waals surface area contributed by atoms with Crippen molar-refractivity contribution < 1.29 is 14.6 Å². The van der Waals surface area contributed by atoms with E-state index in [0.29, 0.717) is 19.4 Å². The molecule has 0 bridgehead atoms. The van der Waals surface area contributed by atoms with E-state index in [1.54, 1.807) is 13.8 Å². The fourth-order valence-corrected chi connectivity index (χ4v) is 1.99. The molecule has 0 saturated heterocycles. The first-order valence-corrected chi connectivity index (χ1v) is 5.03. The average molecular weight is 198 g/mol. The maximum Gasteiger partial charge on any atom is 0.311 e. The average Bonchev–Trinajstić information content (AvgIpc) is 2.01. The fraction of sp³-hybridized carbons (Fsp3) is 0.727. The van der Waals surface area contributed by atoms with Gasteiger partial charge in [-0.25, -0.2) is 0 Å². The van der Waals surface area contributed by atoms with E-state index in [-0.39, 0.29) is 5.97 Å². The summed E-state index contributed by atoms with van der Waals surface area (Å²) in [5.74, 6) is -0.682. The molecule has 0 aliphatic heterocycles. The SMILES string of the molecule is C=C1CCC(C(=O)OCC)C(C)(O)C1. The summed E-state index contributed by atoms with van der Waals surface area (Å²) in [6.07, 6.45) is 1.95. The van der Waals surface area contributed by atoms with E-state index >= 15 is 0 Å². The van der Waals surface area contributed by atoms with Crippen molar-refractivity contribution in [2.45, 2.75) is 38.7 Å². The van der Waals surface area contributed by atoms with Crippen molar-refractivity contribution >= 4 is 5.97 Å². The van der Waals surface area contributed by atoms with E-state index in [0.717, 1.165) is 12.0 Å². The van der Waals surface area contributed by atoms with Gasteiger partial charge in [-0.2, -0.15) is 0 Å². The number of carbonyl (C=O) groups is 1. The highest BCUT2D eigenvalue weighted by molar-refractivity contribution is 5.74. The Kier molecular flexibility index (Phi) is 3.32. The molecule has 1 rings (SSSR count). The molecule has 0 radical (unpaired) electrons. The van der Waals surface area contributed by atoms with Crippen molar-refractivity contribution in [2.24, 2.45) is 5.92 Å². The third-order valence-electron chi connectivity index (χ3n) is 2.72. The van der Waals surface area contributed by atoms with Crippen LogP contribution in [0.3, 0.4) is 0 Å². The molecule has 0 spiro atoms. The van der Waals surface area contributed by atoms with Crippen LogP contribution in [0.1, 0.15) is 33.1 Å². The van der Waals surface area contributed by atoms with Gasteiger partial charge < -0.3 is 9.84 Å². The fourth-order valence-electron chi connectivity index (χ4n) is 1.99. The standard InChI is InChI=1S/C11H18O3/c1-4-14-10(12)9-6-5-8(2)7-11(9,3)13/h9,13H,2,4-7H2,1,3H3. The molecular formula is C11H18O3. The van der Waals surface area contributed by atoms with Gasteiger partial charge in [0.25, 0.3) is 0 Å². The Balaban J connectivity index is 2.68. The minimum absolute atomic E-state index is 0.287. The van der Waals surface area contributed by atoms with Gasteiger partial charge in [-0.05, 0) is 33.1 Å². The molecular weight excluding hydrogens is 180 g/mol. The molecule has 0 heterocycles. The van der Waals surface area contributed by atoms with Gasteiger partial charge in [0.2, 0.25) is 0 Å². The number of aliphatic hydroxyl groups is 1. The third-order valence-corrected chi connectivity index (χ3v) is 2.72. The maximum atomic E-state index is 11.5. The number of hydrogen-bond donors (Lipinski definition) is 1. The second kappa shape index (κ2) is 4.13. The number of esters is 1. The molecule has 80 valence electrons. The van der Waals surface area contributed by atoms with Crippen LogP contribution in [0, 0.1) is 5.92 Å². The van der Waals surface area contributed by atoms with E-state index in [1.807, 2.05) is 0 Å². The Labute approximate surface area is 84.8 Å². The zero-order chi connectivity index (χ0) is 10.8. The van der Waals surface area contributed by atoms with Crippen molar-refractivity contribution in [3.63, 3.8) is 0 Å². The van der Waals surface area contributed by atoms with Gasteiger partial charge in [0.05, 0.1) is 18.1 Å². The smallest absolute Gasteiger partial charge is 0.311 e. The molecule has 3 heteroatoms. The molecule has 1 saturated carbocycles. The number of rotatable bonds is 2. The molecule has 3 nitrogen and oxygen atoms in total. The minimum Gasteiger partial charge on any atom is -0.466 e. The van der Waals surface area contributed by atoms with E-state index in [9.17, 15) is 9.90 Å². The quantitative estimate of drug-likeness (QED) is 0.542. The zero-order valence-corrected chi connectivity index (χ0v) is 8.88. The van der Waals surface area contributed by atoms with E-state index in [2.05, 4.69) is 6.58 Å². The van der Waals surface area contributed by atoms with Gasteiger partial charge in [-0.1, -0.05) is 12.2 Å². The van der Waals surface area contributed by atoms with E-state index in [4.69, 9.17) is 4.74 Å². The van der Waals surface area contributed by atoms with Crippen LogP contribution in [-0.4, -0.2) is 23.3 Å². The highest BCUT2D eigenvalue weighted by Gasteiger charge is 2.41. The molecule has 1 N–H and O–H groups in total. The van der Waals surface area contributed by atoms with Crippen LogP contribution in [0.25, 0.3) is 0 Å². The number of ether oxygens (including phenoxy) is 1. The minimum atomic E-state index is -0.985. The van der Waals surface area contributed by atoms with Gasteiger partial charge in [-0.3, -0.25) is 4.79 Å². The highest BCUT2D eigenvalue weighted by Crippen LogP contribution is 2.36. The summed E-state index contributed by atoms with van der Waals surface area (Å²) >= 11 is 0. The Morgan fingerprint density at radius 3 is 2.93 bits per heavy atom. The summed E-state index contributed by atoms with van der Waals surface area (Å²) in [5.41, 5.74) is 0.0252. The predicted octanol–water partition coefficient (Wildman–Crippen LogP) is 1.66. The predicted molar refractivity (Wildman–Crippen MR) is 53.7 cm³/mol. The van der Waals surface area contributed by atoms with E-state index < -0.39 is 11.5 Å². The molecule has 2 atom stereocenters. The van der Waals surface area contributed by atoms with Crippen LogP contribution in [0.2, 0.25) is 0 Å². The molecule has 0 aromatic rings. The van der Waals surface area contributed by atoms with Crippen LogP contribution >= 0.6 is 0 Å². The molecule has 0 aromatic heterocycles. The van der Waals surface area contributed by atoms with Crippen LogP contribution in [-0.2, 0) is 9.53 Å². The highest BCUT2D eigenvalue weighted by atomic mass is 16.5. The normalized spacial score (nSPS) is 32.8. The van der Waals surface area contributed by atoms with E-state index in [1.165, 1.54) is 0 Å². The van der Waals surface area contributed by atoms with Gasteiger partial charge in [-0.15, -0.1) is 0 Å². The van der Waals surface area contributed by atoms with Gasteiger partial charge in [0.1, 0.15) is 0 Å². The summed E-state index contributed by atoms with van der Waals surface area (Å²) in [4.78, 5) is 11.5. The van der Waals surface area contributed by atoms with Crippen LogP contribution < -0.4 is 0 Å². The Morgan fingerprint density at radius 1 is 1.79 bits per heavy atom. The monoisotopic (exact) mass is 198 g/mol. The molecule has 2 unspecified atom stereocenters. The van der Waals surface area contributed by atoms with Crippen LogP contribution in [0.15, 0.2) is 12.2 Å². The second-order valence-corrected chi connectivity index (χ2v) is 4.13. The first kappa shape index (κ1) is 11.2. The van der Waals surface area contributed by atoms with Crippen molar-refractivity contribution in [3.8, 4) is 0 Å². The summed E-state index contributed by atoms with van der Waals surface area (Å²) < 4.78 is 4.92. The third kappa shape index (κ3) is 2.35. The summed E-state index contributed by atoms with van der Waals surface area (Å²) in [6.45, 7) is 7.66. The lowest BCUT2D eigenvalue weighted by Crippen LogP contribution is -2.43. The first-order chi connectivity index (χ1) is 6.47. The first-order valence-electron chi connectivity index (χ1n) is 5.03. The summed E-state index contributed by atoms with van der Waals surface area (Å²) in [7, 11) is 0. The lowest BCUT2D eigenvalue weighted by atomic mass is 9.75. The second-order valence-electron chi connectivity index (χ2n) is 4.13. The van der Waals surface area contributed by atoms with Crippen molar-refractivity contribution in [1.29, 1.82) is 0 Å². The number of carbonyl (C=O) groups excluding carboxylic acids is 1. The lowest BCUT2D eigenvalue weighted by molar-refractivity contribution is -0.159.